The minimum Gasteiger partial charge on any atom is -0.455 e. The molecule has 29 heavy (non-hydrogen) atoms. The molecule has 8 heteroatoms. The van der Waals surface area contributed by atoms with Crippen LogP contribution in [0.3, 0.4) is 0 Å². The molecule has 1 atom stereocenters. The molecule has 1 aromatic carbocycles. The first kappa shape index (κ1) is 20.6. The molecule has 1 fully saturated rings. The Bertz CT molecular complexity index is 846. The molecule has 0 saturated heterocycles. The summed E-state index contributed by atoms with van der Waals surface area (Å²) in [5, 5.41) is 2.80. The van der Waals surface area contributed by atoms with E-state index in [1.54, 1.807) is 6.20 Å². The first-order chi connectivity index (χ1) is 13.8. The van der Waals surface area contributed by atoms with Gasteiger partial charge >= 0.3 is 5.97 Å². The van der Waals surface area contributed by atoms with Crippen molar-refractivity contribution in [2.75, 3.05) is 20.2 Å². The fourth-order valence-electron chi connectivity index (χ4n) is 3.19. The van der Waals surface area contributed by atoms with Gasteiger partial charge in [-0.05, 0) is 30.0 Å². The molecule has 0 unspecified atom stereocenters. The van der Waals surface area contributed by atoms with Crippen LogP contribution in [-0.4, -0.2) is 59.7 Å². The number of hydrogen-bond acceptors (Lipinski definition) is 5. The van der Waals surface area contributed by atoms with Gasteiger partial charge in [-0.2, -0.15) is 0 Å². The molecule has 1 aliphatic heterocycles. The minimum absolute atomic E-state index is 0.0694. The Kier molecular flexibility index (Phi) is 6.31. The maximum Gasteiger partial charge on any atom is 0.308 e. The predicted molar refractivity (Wildman–Crippen MR) is 105 cm³/mol. The van der Waals surface area contributed by atoms with Gasteiger partial charge in [0.2, 0.25) is 11.8 Å². The van der Waals surface area contributed by atoms with Gasteiger partial charge in [-0.3, -0.25) is 19.2 Å². The van der Waals surface area contributed by atoms with Gasteiger partial charge in [0, 0.05) is 26.2 Å². The highest BCUT2D eigenvalue weighted by molar-refractivity contribution is 5.86. The molecule has 0 aromatic heterocycles. The zero-order valence-electron chi connectivity index (χ0n) is 16.6. The second-order valence-electron chi connectivity index (χ2n) is 7.34. The van der Waals surface area contributed by atoms with Gasteiger partial charge in [-0.1, -0.05) is 24.3 Å². The van der Waals surface area contributed by atoms with E-state index in [2.05, 4.69) is 5.32 Å². The first-order valence-corrected chi connectivity index (χ1v) is 9.60. The van der Waals surface area contributed by atoms with E-state index >= 15 is 0 Å². The normalized spacial score (nSPS) is 17.3. The maximum atomic E-state index is 12.4. The lowest BCUT2D eigenvalue weighted by Gasteiger charge is -2.32. The van der Waals surface area contributed by atoms with E-state index in [9.17, 15) is 19.2 Å². The fourth-order valence-corrected chi connectivity index (χ4v) is 3.19. The lowest BCUT2D eigenvalue weighted by Crippen LogP contribution is -2.41. The number of rotatable bonds is 7. The number of nitrogens with zero attached hydrogens (tertiary/aromatic N) is 2. The van der Waals surface area contributed by atoms with Crippen LogP contribution in [0.15, 0.2) is 30.5 Å². The minimum atomic E-state index is -0.587. The van der Waals surface area contributed by atoms with Crippen molar-refractivity contribution in [1.29, 1.82) is 0 Å². The van der Waals surface area contributed by atoms with Crippen molar-refractivity contribution in [2.24, 2.45) is 0 Å². The summed E-state index contributed by atoms with van der Waals surface area (Å²) in [5.74, 6) is -1.46. The van der Waals surface area contributed by atoms with Crippen molar-refractivity contribution in [1.82, 2.24) is 15.1 Å². The molecular weight excluding hydrogens is 374 g/mol. The van der Waals surface area contributed by atoms with Gasteiger partial charge < -0.3 is 19.9 Å². The molecule has 0 radical (unpaired) electrons. The lowest BCUT2D eigenvalue weighted by molar-refractivity contribution is -0.153. The van der Waals surface area contributed by atoms with Crippen LogP contribution in [0, 0.1) is 0 Å². The van der Waals surface area contributed by atoms with Crippen LogP contribution in [0.1, 0.15) is 43.4 Å². The van der Waals surface area contributed by atoms with E-state index in [4.69, 9.17) is 4.74 Å². The van der Waals surface area contributed by atoms with E-state index in [0.29, 0.717) is 0 Å². The Hall–Kier alpha value is -3.16. The van der Waals surface area contributed by atoms with Gasteiger partial charge in [0.1, 0.15) is 0 Å². The van der Waals surface area contributed by atoms with Crippen molar-refractivity contribution in [3.8, 4) is 0 Å². The second kappa shape index (κ2) is 8.89. The summed E-state index contributed by atoms with van der Waals surface area (Å²) in [5.41, 5.74) is 1.78. The van der Waals surface area contributed by atoms with Gasteiger partial charge in [-0.25, -0.2) is 0 Å². The zero-order valence-corrected chi connectivity index (χ0v) is 16.6. The van der Waals surface area contributed by atoms with E-state index < -0.39 is 24.5 Å². The van der Waals surface area contributed by atoms with Crippen LogP contribution < -0.4 is 5.32 Å². The smallest absolute Gasteiger partial charge is 0.308 e. The summed E-state index contributed by atoms with van der Waals surface area (Å²) in [4.78, 5) is 50.9. The van der Waals surface area contributed by atoms with Crippen LogP contribution >= 0.6 is 0 Å². The van der Waals surface area contributed by atoms with Crippen molar-refractivity contribution >= 4 is 29.8 Å². The largest absolute Gasteiger partial charge is 0.455 e. The zero-order chi connectivity index (χ0) is 21.0. The molecule has 1 aliphatic carbocycles. The Morgan fingerprint density at radius 3 is 2.62 bits per heavy atom. The average molecular weight is 399 g/mol. The van der Waals surface area contributed by atoms with Crippen molar-refractivity contribution in [3.05, 3.63) is 41.6 Å². The van der Waals surface area contributed by atoms with Crippen molar-refractivity contribution in [2.45, 2.75) is 38.3 Å². The Morgan fingerprint density at radius 2 is 1.93 bits per heavy atom. The van der Waals surface area contributed by atoms with Crippen LogP contribution in [0.4, 0.5) is 0 Å². The highest BCUT2D eigenvalue weighted by atomic mass is 16.5. The molecule has 1 saturated carbocycles. The third-order valence-electron chi connectivity index (χ3n) is 4.93. The quantitative estimate of drug-likeness (QED) is 0.696. The molecule has 8 nitrogen and oxygen atoms in total. The van der Waals surface area contributed by atoms with Crippen LogP contribution in [0.25, 0.3) is 6.08 Å². The summed E-state index contributed by atoms with van der Waals surface area (Å²) in [7, 11) is 1.49. The molecule has 154 valence electrons. The standard InChI is InChI=1S/C21H25N3O5/c1-14(25)24-10-9-15-5-3-4-6-17(15)18(24)11-21(28)29-13-20(27)23(2)12-19(26)22-16-7-8-16/h3-6,9-10,16,18H,7-8,11-13H2,1-2H3,(H,22,26)/t18-/m1/s1. The third kappa shape index (κ3) is 5.43. The third-order valence-corrected chi connectivity index (χ3v) is 4.93. The van der Waals surface area contributed by atoms with Crippen molar-refractivity contribution < 1.29 is 23.9 Å². The molecule has 1 aromatic rings. The number of esters is 1. The Labute approximate surface area is 169 Å². The first-order valence-electron chi connectivity index (χ1n) is 9.60. The van der Waals surface area contributed by atoms with E-state index in [-0.39, 0.29) is 30.8 Å². The van der Waals surface area contributed by atoms with Crippen molar-refractivity contribution in [3.63, 3.8) is 0 Å². The average Bonchev–Trinajstić information content (AvgIpc) is 3.49. The SMILES string of the molecule is CC(=O)N1C=Cc2ccccc2[C@H]1CC(=O)OCC(=O)N(C)CC(=O)NC1CC1. The fraction of sp³-hybridized carbons (Fsp3) is 0.429. The molecule has 1 N–H and O–H groups in total. The van der Waals surface area contributed by atoms with Crippen LogP contribution in [0.5, 0.6) is 0 Å². The predicted octanol–water partition coefficient (Wildman–Crippen LogP) is 1.23. The van der Waals surface area contributed by atoms with Gasteiger partial charge in [0.15, 0.2) is 6.61 Å². The number of carbonyl (C=O) groups excluding carboxylic acids is 4. The topological polar surface area (TPSA) is 96.0 Å². The van der Waals surface area contributed by atoms with E-state index in [0.717, 1.165) is 24.0 Å². The molecule has 1 heterocycles. The molecule has 2 aliphatic rings. The summed E-state index contributed by atoms with van der Waals surface area (Å²) in [6.45, 7) is 0.907. The second-order valence-corrected chi connectivity index (χ2v) is 7.34. The van der Waals surface area contributed by atoms with Gasteiger partial charge in [0.05, 0.1) is 19.0 Å². The number of amides is 3. The Morgan fingerprint density at radius 1 is 1.21 bits per heavy atom. The van der Waals surface area contributed by atoms with Crippen LogP contribution in [-0.2, 0) is 23.9 Å². The molecular formula is C21H25N3O5. The molecule has 0 spiro atoms. The molecule has 0 bridgehead atoms. The summed E-state index contributed by atoms with van der Waals surface area (Å²) in [6, 6.07) is 7.24. The van der Waals surface area contributed by atoms with Gasteiger partial charge in [-0.15, -0.1) is 0 Å². The monoisotopic (exact) mass is 399 g/mol. The number of carbonyl (C=O) groups is 4. The van der Waals surface area contributed by atoms with E-state index in [1.165, 1.54) is 23.8 Å². The Balaban J connectivity index is 1.53. The molecule has 3 rings (SSSR count). The number of benzene rings is 1. The number of nitrogens with one attached hydrogen (secondary N) is 1. The number of likely N-dealkylation sites (N-methyl/N-ethyl adjacent to an activating group) is 1. The summed E-state index contributed by atoms with van der Waals surface area (Å²) >= 11 is 0. The number of ether oxygens (including phenoxy) is 1. The maximum absolute atomic E-state index is 12.4. The van der Waals surface area contributed by atoms with Gasteiger partial charge in [0.25, 0.3) is 5.91 Å². The molecule has 3 amide bonds. The van der Waals surface area contributed by atoms with Crippen LogP contribution in [0.2, 0.25) is 0 Å². The number of hydrogen-bond donors (Lipinski definition) is 1. The van der Waals surface area contributed by atoms with E-state index in [1.807, 2.05) is 30.3 Å². The lowest BCUT2D eigenvalue weighted by atomic mass is 9.94. The highest BCUT2D eigenvalue weighted by Gasteiger charge is 2.29. The summed E-state index contributed by atoms with van der Waals surface area (Å²) < 4.78 is 5.12. The highest BCUT2D eigenvalue weighted by Crippen LogP contribution is 2.33. The number of fused-ring (bicyclic) bond motifs is 1. The summed E-state index contributed by atoms with van der Waals surface area (Å²) in [6.07, 6.45) is 5.35.